The maximum atomic E-state index is 11.4. The fourth-order valence-corrected chi connectivity index (χ4v) is 2.09. The van der Waals surface area contributed by atoms with Crippen LogP contribution in [0.2, 0.25) is 0 Å². The number of hydrogen-bond acceptors (Lipinski definition) is 5. The lowest BCUT2D eigenvalue weighted by Gasteiger charge is -2.14. The monoisotopic (exact) mass is 281 g/mol. The topological polar surface area (TPSA) is 117 Å². The molecule has 0 saturated carbocycles. The molecule has 1 fully saturated rings. The Balaban J connectivity index is 2.16. The fraction of sp³-hybridized carbons (Fsp3) is 0.545. The van der Waals surface area contributed by atoms with Crippen molar-refractivity contribution in [2.24, 2.45) is 0 Å². The van der Waals surface area contributed by atoms with Crippen LogP contribution in [0.4, 0.5) is 4.79 Å². The number of aromatic carboxylic acids is 1. The molecule has 0 radical (unpaired) electrons. The van der Waals surface area contributed by atoms with Gasteiger partial charge in [-0.3, -0.25) is 9.69 Å². The molecule has 1 aliphatic heterocycles. The van der Waals surface area contributed by atoms with Crippen molar-refractivity contribution in [1.29, 1.82) is 0 Å². The number of carbonyl (C=O) groups excluding carboxylic acids is 2. The normalized spacial score (nSPS) is 15.1. The van der Waals surface area contributed by atoms with E-state index in [1.54, 1.807) is 0 Å². The molecular weight excluding hydrogens is 266 g/mol. The summed E-state index contributed by atoms with van der Waals surface area (Å²) in [5, 5.41) is 18.9. The molecule has 2 heterocycles. The van der Waals surface area contributed by atoms with Crippen LogP contribution in [0.1, 0.15) is 35.9 Å². The molecule has 2 rings (SSSR count). The van der Waals surface area contributed by atoms with Crippen molar-refractivity contribution in [3.8, 4) is 0 Å². The number of aromatic nitrogens is 3. The van der Waals surface area contributed by atoms with E-state index in [2.05, 4.69) is 15.6 Å². The Morgan fingerprint density at radius 2 is 2.10 bits per heavy atom. The SMILES string of the molecule is CC(C)c1c(C(=O)O)nnn1CCN1C(=O)CNC1=O. The van der Waals surface area contributed by atoms with E-state index in [-0.39, 0.29) is 37.2 Å². The minimum atomic E-state index is -1.14. The first-order valence-electron chi connectivity index (χ1n) is 6.16. The summed E-state index contributed by atoms with van der Waals surface area (Å²) >= 11 is 0. The van der Waals surface area contributed by atoms with Gasteiger partial charge >= 0.3 is 12.0 Å². The van der Waals surface area contributed by atoms with Gasteiger partial charge in [-0.05, 0) is 5.92 Å². The number of carboxylic acids is 1. The fourth-order valence-electron chi connectivity index (χ4n) is 2.09. The first-order chi connectivity index (χ1) is 9.41. The molecule has 0 aromatic carbocycles. The first-order valence-corrected chi connectivity index (χ1v) is 6.16. The number of nitrogens with zero attached hydrogens (tertiary/aromatic N) is 4. The molecule has 1 saturated heterocycles. The number of rotatable bonds is 5. The molecule has 0 atom stereocenters. The molecule has 0 unspecified atom stereocenters. The van der Waals surface area contributed by atoms with E-state index in [9.17, 15) is 14.4 Å². The van der Waals surface area contributed by atoms with Crippen molar-refractivity contribution in [2.75, 3.05) is 13.1 Å². The number of carboxylic acid groups (broad SMARTS) is 1. The highest BCUT2D eigenvalue weighted by molar-refractivity contribution is 6.01. The molecule has 0 spiro atoms. The van der Waals surface area contributed by atoms with E-state index in [4.69, 9.17) is 5.11 Å². The van der Waals surface area contributed by atoms with Crippen LogP contribution in [0, 0.1) is 0 Å². The van der Waals surface area contributed by atoms with Crippen molar-refractivity contribution in [3.63, 3.8) is 0 Å². The quantitative estimate of drug-likeness (QED) is 0.712. The van der Waals surface area contributed by atoms with Gasteiger partial charge in [0.05, 0.1) is 25.3 Å². The third-order valence-electron chi connectivity index (χ3n) is 3.00. The first kappa shape index (κ1) is 14.0. The molecule has 1 aromatic heterocycles. The Morgan fingerprint density at radius 3 is 2.60 bits per heavy atom. The van der Waals surface area contributed by atoms with Crippen LogP contribution in [-0.4, -0.2) is 56.0 Å². The van der Waals surface area contributed by atoms with Crippen LogP contribution in [-0.2, 0) is 11.3 Å². The van der Waals surface area contributed by atoms with E-state index in [1.807, 2.05) is 13.8 Å². The van der Waals surface area contributed by atoms with Crippen LogP contribution in [0.25, 0.3) is 0 Å². The molecule has 20 heavy (non-hydrogen) atoms. The Kier molecular flexibility index (Phi) is 3.68. The highest BCUT2D eigenvalue weighted by Crippen LogP contribution is 2.17. The zero-order valence-electron chi connectivity index (χ0n) is 11.2. The van der Waals surface area contributed by atoms with Gasteiger partial charge < -0.3 is 10.4 Å². The average molecular weight is 281 g/mol. The maximum absolute atomic E-state index is 11.4. The van der Waals surface area contributed by atoms with Crippen molar-refractivity contribution in [1.82, 2.24) is 25.2 Å². The summed E-state index contributed by atoms with van der Waals surface area (Å²) in [4.78, 5) is 35.0. The maximum Gasteiger partial charge on any atom is 0.358 e. The minimum Gasteiger partial charge on any atom is -0.476 e. The molecule has 1 aromatic rings. The summed E-state index contributed by atoms with van der Waals surface area (Å²) in [6.45, 7) is 4.00. The molecule has 0 aliphatic carbocycles. The molecule has 9 heteroatoms. The molecule has 9 nitrogen and oxygen atoms in total. The summed E-state index contributed by atoms with van der Waals surface area (Å²) < 4.78 is 1.42. The predicted molar refractivity (Wildman–Crippen MR) is 66.2 cm³/mol. The number of carbonyl (C=O) groups is 3. The predicted octanol–water partition coefficient (Wildman–Crippen LogP) is -0.348. The second-order valence-corrected chi connectivity index (χ2v) is 4.71. The number of nitrogens with one attached hydrogen (secondary N) is 1. The minimum absolute atomic E-state index is 0.00635. The van der Waals surface area contributed by atoms with Crippen molar-refractivity contribution in [3.05, 3.63) is 11.4 Å². The zero-order valence-corrected chi connectivity index (χ0v) is 11.2. The molecule has 0 bridgehead atoms. The largest absolute Gasteiger partial charge is 0.476 e. The Morgan fingerprint density at radius 1 is 1.40 bits per heavy atom. The van der Waals surface area contributed by atoms with Crippen LogP contribution >= 0.6 is 0 Å². The highest BCUT2D eigenvalue weighted by atomic mass is 16.4. The smallest absolute Gasteiger partial charge is 0.358 e. The van der Waals surface area contributed by atoms with Gasteiger partial charge in [-0.1, -0.05) is 19.1 Å². The van der Waals surface area contributed by atoms with E-state index < -0.39 is 12.0 Å². The van der Waals surface area contributed by atoms with E-state index in [0.29, 0.717) is 5.69 Å². The Hall–Kier alpha value is -2.45. The summed E-state index contributed by atoms with van der Waals surface area (Å²) in [5.41, 5.74) is 0.377. The van der Waals surface area contributed by atoms with Gasteiger partial charge in [-0.25, -0.2) is 14.3 Å². The molecule has 108 valence electrons. The van der Waals surface area contributed by atoms with Crippen molar-refractivity contribution in [2.45, 2.75) is 26.3 Å². The van der Waals surface area contributed by atoms with Crippen LogP contribution < -0.4 is 5.32 Å². The van der Waals surface area contributed by atoms with Crippen LogP contribution in [0.15, 0.2) is 0 Å². The third-order valence-corrected chi connectivity index (χ3v) is 3.00. The van der Waals surface area contributed by atoms with Gasteiger partial charge in [0.1, 0.15) is 0 Å². The van der Waals surface area contributed by atoms with Crippen molar-refractivity contribution >= 4 is 17.9 Å². The van der Waals surface area contributed by atoms with Gasteiger partial charge in [0.15, 0.2) is 5.69 Å². The van der Waals surface area contributed by atoms with Gasteiger partial charge in [-0.2, -0.15) is 0 Å². The molecular formula is C11H15N5O4. The number of hydrogen-bond donors (Lipinski definition) is 2. The number of urea groups is 1. The van der Waals surface area contributed by atoms with Crippen LogP contribution in [0.5, 0.6) is 0 Å². The second kappa shape index (κ2) is 5.27. The number of amides is 3. The molecule has 2 N–H and O–H groups in total. The summed E-state index contributed by atoms with van der Waals surface area (Å²) in [7, 11) is 0. The van der Waals surface area contributed by atoms with E-state index in [1.165, 1.54) is 4.68 Å². The lowest BCUT2D eigenvalue weighted by Crippen LogP contribution is -2.34. The summed E-state index contributed by atoms with van der Waals surface area (Å²) in [6.07, 6.45) is 0. The van der Waals surface area contributed by atoms with Gasteiger partial charge in [0.2, 0.25) is 5.91 Å². The van der Waals surface area contributed by atoms with E-state index >= 15 is 0 Å². The average Bonchev–Trinajstić information content (AvgIpc) is 2.92. The molecule has 3 amide bonds. The van der Waals surface area contributed by atoms with Gasteiger partial charge in [0.25, 0.3) is 0 Å². The van der Waals surface area contributed by atoms with Gasteiger partial charge in [0, 0.05) is 0 Å². The van der Waals surface area contributed by atoms with Crippen LogP contribution in [0.3, 0.4) is 0 Å². The summed E-state index contributed by atoms with van der Waals surface area (Å²) in [5.74, 6) is -1.53. The molecule has 1 aliphatic rings. The zero-order chi connectivity index (χ0) is 14.9. The standard InChI is InChI=1S/C11H15N5O4/c1-6(2)9-8(10(18)19)13-14-16(9)4-3-15-7(17)5-12-11(15)20/h6H,3-5H2,1-2H3,(H,12,20)(H,18,19). The highest BCUT2D eigenvalue weighted by Gasteiger charge is 2.29. The second-order valence-electron chi connectivity index (χ2n) is 4.71. The third kappa shape index (κ3) is 2.46. The lowest BCUT2D eigenvalue weighted by molar-refractivity contribution is -0.125. The Bertz CT molecular complexity index is 549. The Labute approximate surface area is 114 Å². The van der Waals surface area contributed by atoms with E-state index in [0.717, 1.165) is 4.90 Å². The lowest BCUT2D eigenvalue weighted by atomic mass is 10.1. The van der Waals surface area contributed by atoms with Crippen molar-refractivity contribution < 1.29 is 19.5 Å². The summed E-state index contributed by atoms with van der Waals surface area (Å²) in [6, 6.07) is -0.445. The number of imide groups is 1. The van der Waals surface area contributed by atoms with Gasteiger partial charge in [-0.15, -0.1) is 5.10 Å².